The van der Waals surface area contributed by atoms with Crippen LogP contribution in [0.25, 0.3) is 0 Å². The number of carboxylic acid groups (broad SMARTS) is 1. The average molecular weight is 296 g/mol. The average Bonchev–Trinajstić information content (AvgIpc) is 2.83. The number of rotatable bonds is 4. The lowest BCUT2D eigenvalue weighted by molar-refractivity contribution is -0.118. The molecule has 6 heteroatoms. The van der Waals surface area contributed by atoms with Gasteiger partial charge >= 0.3 is 5.97 Å². The van der Waals surface area contributed by atoms with Crippen LogP contribution >= 0.6 is 11.3 Å². The number of nitrogens with one attached hydrogen (secondary N) is 1. The van der Waals surface area contributed by atoms with E-state index in [1.807, 2.05) is 0 Å². The minimum atomic E-state index is -0.951. The Morgan fingerprint density at radius 2 is 1.95 bits per heavy atom. The maximum absolute atomic E-state index is 11.7. The van der Waals surface area contributed by atoms with Gasteiger partial charge in [-0.15, -0.1) is 0 Å². The number of carbonyl (C=O) groups excluding carboxylic acids is 1. The summed E-state index contributed by atoms with van der Waals surface area (Å²) in [5, 5.41) is 12.4. The Morgan fingerprint density at radius 1 is 1.30 bits per heavy atom. The van der Waals surface area contributed by atoms with Crippen molar-refractivity contribution in [3.8, 4) is 0 Å². The van der Waals surface area contributed by atoms with Crippen molar-refractivity contribution in [2.24, 2.45) is 5.92 Å². The van der Waals surface area contributed by atoms with E-state index in [4.69, 9.17) is 0 Å². The third kappa shape index (κ3) is 3.36. The summed E-state index contributed by atoms with van der Waals surface area (Å²) in [4.78, 5) is 27.7. The first-order chi connectivity index (χ1) is 9.49. The highest BCUT2D eigenvalue weighted by atomic mass is 32.1. The van der Waals surface area contributed by atoms with Crippen molar-refractivity contribution in [2.75, 3.05) is 5.32 Å². The van der Waals surface area contributed by atoms with E-state index in [1.165, 1.54) is 6.42 Å². The van der Waals surface area contributed by atoms with Gasteiger partial charge in [-0.25, -0.2) is 9.78 Å². The van der Waals surface area contributed by atoms with Gasteiger partial charge in [0.2, 0.25) is 5.91 Å². The van der Waals surface area contributed by atoms with E-state index in [-0.39, 0.29) is 22.6 Å². The highest BCUT2D eigenvalue weighted by Gasteiger charge is 2.26. The Hall–Kier alpha value is -1.43. The number of amides is 1. The van der Waals surface area contributed by atoms with E-state index < -0.39 is 5.97 Å². The summed E-state index contributed by atoms with van der Waals surface area (Å²) in [6.07, 6.45) is 5.42. The Morgan fingerprint density at radius 3 is 2.50 bits per heavy atom. The molecule has 1 heterocycles. The van der Waals surface area contributed by atoms with Gasteiger partial charge in [0.15, 0.2) is 5.13 Å². The van der Waals surface area contributed by atoms with Gasteiger partial charge in [0.1, 0.15) is 4.88 Å². The van der Waals surface area contributed by atoms with Crippen molar-refractivity contribution in [3.63, 3.8) is 0 Å². The minimum Gasteiger partial charge on any atom is -0.477 e. The molecule has 2 rings (SSSR count). The third-order valence-corrected chi connectivity index (χ3v) is 4.57. The van der Waals surface area contributed by atoms with Crippen molar-refractivity contribution in [1.29, 1.82) is 0 Å². The number of nitrogens with zero attached hydrogens (tertiary/aromatic N) is 1. The van der Waals surface area contributed by atoms with Gasteiger partial charge in [0, 0.05) is 11.8 Å². The summed E-state index contributed by atoms with van der Waals surface area (Å²) < 4.78 is 0. The number of anilines is 1. The van der Waals surface area contributed by atoms with Crippen LogP contribution in [0, 0.1) is 5.92 Å². The van der Waals surface area contributed by atoms with Gasteiger partial charge in [0.05, 0.1) is 5.69 Å². The van der Waals surface area contributed by atoms with Crippen LogP contribution in [0.4, 0.5) is 5.13 Å². The quantitative estimate of drug-likeness (QED) is 0.891. The number of aromatic nitrogens is 1. The van der Waals surface area contributed by atoms with Crippen LogP contribution in [0.1, 0.15) is 67.2 Å². The van der Waals surface area contributed by atoms with E-state index in [1.54, 1.807) is 13.8 Å². The molecule has 0 radical (unpaired) electrons. The lowest BCUT2D eigenvalue weighted by atomic mass is 9.86. The standard InChI is InChI=1S/C14H20N2O3S/c1-8(2)12(17)16-14-15-10(11(20-14)13(18)19)9-6-4-3-5-7-9/h8-9H,3-7H2,1-2H3,(H,18,19)(H,15,16,17). The summed E-state index contributed by atoms with van der Waals surface area (Å²) in [7, 11) is 0. The fourth-order valence-electron chi connectivity index (χ4n) is 2.44. The zero-order chi connectivity index (χ0) is 14.7. The van der Waals surface area contributed by atoms with Crippen molar-refractivity contribution >= 4 is 28.3 Å². The highest BCUT2D eigenvalue weighted by molar-refractivity contribution is 7.17. The molecule has 0 atom stereocenters. The van der Waals surface area contributed by atoms with Crippen LogP contribution in [-0.4, -0.2) is 22.0 Å². The third-order valence-electron chi connectivity index (χ3n) is 3.59. The SMILES string of the molecule is CC(C)C(=O)Nc1nc(C2CCCCC2)c(C(=O)O)s1. The summed E-state index contributed by atoms with van der Waals surface area (Å²) in [5.74, 6) is -1.01. The number of hydrogen-bond acceptors (Lipinski definition) is 4. The molecule has 0 saturated heterocycles. The predicted octanol–water partition coefficient (Wildman–Crippen LogP) is 3.48. The molecular weight excluding hydrogens is 276 g/mol. The molecule has 1 amide bonds. The van der Waals surface area contributed by atoms with E-state index in [0.717, 1.165) is 37.0 Å². The molecule has 20 heavy (non-hydrogen) atoms. The summed E-state index contributed by atoms with van der Waals surface area (Å²) in [6.45, 7) is 3.59. The van der Waals surface area contributed by atoms with Gasteiger partial charge in [-0.2, -0.15) is 0 Å². The molecule has 0 unspecified atom stereocenters. The van der Waals surface area contributed by atoms with Gasteiger partial charge in [0.25, 0.3) is 0 Å². The van der Waals surface area contributed by atoms with Crippen molar-refractivity contribution in [3.05, 3.63) is 10.6 Å². The molecule has 0 aromatic carbocycles. The molecule has 1 aliphatic carbocycles. The molecule has 0 spiro atoms. The Bertz CT molecular complexity index is 505. The maximum atomic E-state index is 11.7. The lowest BCUT2D eigenvalue weighted by Gasteiger charge is -2.20. The van der Waals surface area contributed by atoms with Gasteiger partial charge in [-0.1, -0.05) is 44.4 Å². The fourth-order valence-corrected chi connectivity index (χ4v) is 3.33. The van der Waals surface area contributed by atoms with Crippen LogP contribution in [-0.2, 0) is 4.79 Å². The second-order valence-corrected chi connectivity index (χ2v) is 6.52. The smallest absolute Gasteiger partial charge is 0.347 e. The van der Waals surface area contributed by atoms with Crippen LogP contribution in [0.5, 0.6) is 0 Å². The van der Waals surface area contributed by atoms with Crippen LogP contribution in [0.3, 0.4) is 0 Å². The number of carboxylic acids is 1. The molecular formula is C14H20N2O3S. The summed E-state index contributed by atoms with van der Waals surface area (Å²) >= 11 is 1.06. The maximum Gasteiger partial charge on any atom is 0.347 e. The molecule has 1 aliphatic rings. The molecule has 1 aromatic rings. The highest BCUT2D eigenvalue weighted by Crippen LogP contribution is 2.37. The first kappa shape index (κ1) is 15.0. The second-order valence-electron chi connectivity index (χ2n) is 5.52. The number of hydrogen-bond donors (Lipinski definition) is 2. The molecule has 1 fully saturated rings. The van der Waals surface area contributed by atoms with E-state index in [2.05, 4.69) is 10.3 Å². The topological polar surface area (TPSA) is 79.3 Å². The molecule has 1 saturated carbocycles. The number of carbonyl (C=O) groups is 2. The normalized spacial score (nSPS) is 16.4. The molecule has 2 N–H and O–H groups in total. The number of thiazole rings is 1. The Balaban J connectivity index is 2.23. The molecule has 0 bridgehead atoms. The number of aromatic carboxylic acids is 1. The zero-order valence-corrected chi connectivity index (χ0v) is 12.6. The van der Waals surface area contributed by atoms with Crippen molar-refractivity contribution < 1.29 is 14.7 Å². The molecule has 1 aromatic heterocycles. The minimum absolute atomic E-state index is 0.133. The first-order valence-electron chi connectivity index (χ1n) is 7.04. The van der Waals surface area contributed by atoms with E-state index in [0.29, 0.717) is 10.8 Å². The lowest BCUT2D eigenvalue weighted by Crippen LogP contribution is -2.17. The van der Waals surface area contributed by atoms with Gasteiger partial charge in [-0.05, 0) is 12.8 Å². The summed E-state index contributed by atoms with van der Waals surface area (Å²) in [6, 6.07) is 0. The van der Waals surface area contributed by atoms with E-state index >= 15 is 0 Å². The van der Waals surface area contributed by atoms with Gasteiger partial charge in [-0.3, -0.25) is 4.79 Å². The van der Waals surface area contributed by atoms with Crippen LogP contribution in [0.2, 0.25) is 0 Å². The van der Waals surface area contributed by atoms with E-state index in [9.17, 15) is 14.7 Å². The zero-order valence-electron chi connectivity index (χ0n) is 11.8. The fraction of sp³-hybridized carbons (Fsp3) is 0.643. The predicted molar refractivity (Wildman–Crippen MR) is 78.4 cm³/mol. The van der Waals surface area contributed by atoms with Gasteiger partial charge < -0.3 is 10.4 Å². The van der Waals surface area contributed by atoms with Crippen LogP contribution < -0.4 is 5.32 Å². The Labute approximate surface area is 122 Å². The van der Waals surface area contributed by atoms with Crippen molar-refractivity contribution in [2.45, 2.75) is 51.9 Å². The second kappa shape index (κ2) is 6.35. The largest absolute Gasteiger partial charge is 0.477 e. The summed E-state index contributed by atoms with van der Waals surface area (Å²) in [5.41, 5.74) is 0.654. The first-order valence-corrected chi connectivity index (χ1v) is 7.85. The molecule has 110 valence electrons. The molecule has 0 aliphatic heterocycles. The van der Waals surface area contributed by atoms with Crippen molar-refractivity contribution in [1.82, 2.24) is 4.98 Å². The molecule has 5 nitrogen and oxygen atoms in total. The Kier molecular flexibility index (Phi) is 4.75. The monoisotopic (exact) mass is 296 g/mol. The van der Waals surface area contributed by atoms with Crippen LogP contribution in [0.15, 0.2) is 0 Å².